The number of nitro groups is 1. The standard InChI is InChI=1S/C21H18N4O6/c22-17-18(20(27)15-7-6-14(25(29)30)10-16(15)19(17)26)23-21(28)12-2-4-13(5-3-12)24-8-1-9-31-11-24/h2-7,10H,1,8-9,11,22H2,(H,23,28). The molecule has 2 aromatic rings. The lowest BCUT2D eigenvalue weighted by atomic mass is 9.90. The van der Waals surface area contributed by atoms with Crippen LogP contribution in [0.25, 0.3) is 0 Å². The first-order chi connectivity index (χ1) is 14.9. The van der Waals surface area contributed by atoms with Crippen LogP contribution < -0.4 is 16.0 Å². The zero-order chi connectivity index (χ0) is 22.1. The number of fused-ring (bicyclic) bond motifs is 1. The number of hydrogen-bond donors (Lipinski definition) is 2. The van der Waals surface area contributed by atoms with Crippen molar-refractivity contribution in [2.24, 2.45) is 5.73 Å². The van der Waals surface area contributed by atoms with Crippen LogP contribution in [0.1, 0.15) is 37.5 Å². The van der Waals surface area contributed by atoms with Gasteiger partial charge in [-0.25, -0.2) is 0 Å². The second-order valence-electron chi connectivity index (χ2n) is 7.09. The predicted octanol–water partition coefficient (Wildman–Crippen LogP) is 1.76. The number of nitro benzene ring substituents is 1. The number of rotatable bonds is 4. The van der Waals surface area contributed by atoms with Gasteiger partial charge in [0, 0.05) is 41.1 Å². The van der Waals surface area contributed by atoms with Crippen molar-refractivity contribution < 1.29 is 24.0 Å². The summed E-state index contributed by atoms with van der Waals surface area (Å²) in [6.45, 7) is 2.04. The van der Waals surface area contributed by atoms with E-state index in [9.17, 15) is 24.5 Å². The molecule has 1 aliphatic heterocycles. The van der Waals surface area contributed by atoms with Crippen molar-refractivity contribution in [1.82, 2.24) is 5.32 Å². The Bertz CT molecular complexity index is 1130. The maximum Gasteiger partial charge on any atom is 0.270 e. The van der Waals surface area contributed by atoms with Gasteiger partial charge >= 0.3 is 0 Å². The summed E-state index contributed by atoms with van der Waals surface area (Å²) < 4.78 is 5.42. The first-order valence-electron chi connectivity index (χ1n) is 9.48. The fourth-order valence-electron chi connectivity index (χ4n) is 3.48. The number of nitrogens with one attached hydrogen (secondary N) is 1. The lowest BCUT2D eigenvalue weighted by Crippen LogP contribution is -2.36. The van der Waals surface area contributed by atoms with E-state index >= 15 is 0 Å². The third-order valence-corrected chi connectivity index (χ3v) is 5.14. The van der Waals surface area contributed by atoms with E-state index in [2.05, 4.69) is 5.32 Å². The monoisotopic (exact) mass is 422 g/mol. The molecular weight excluding hydrogens is 404 g/mol. The van der Waals surface area contributed by atoms with Crippen LogP contribution in [0.3, 0.4) is 0 Å². The average molecular weight is 422 g/mol. The van der Waals surface area contributed by atoms with Crippen LogP contribution >= 0.6 is 0 Å². The zero-order valence-corrected chi connectivity index (χ0v) is 16.3. The largest absolute Gasteiger partial charge is 0.394 e. The minimum Gasteiger partial charge on any atom is -0.394 e. The Labute approximate surface area is 176 Å². The minimum absolute atomic E-state index is 0.0550. The Morgan fingerprint density at radius 3 is 2.48 bits per heavy atom. The normalized spacial score (nSPS) is 16.2. The van der Waals surface area contributed by atoms with Crippen LogP contribution in [-0.2, 0) is 4.74 Å². The zero-order valence-electron chi connectivity index (χ0n) is 16.3. The SMILES string of the molecule is NC1=C(NC(=O)c2ccc(N3CCCOC3)cc2)C(=O)c2ccc([N+](=O)[O-])cc2C1=O. The lowest BCUT2D eigenvalue weighted by molar-refractivity contribution is -0.384. The van der Waals surface area contributed by atoms with Gasteiger partial charge in [-0.05, 0) is 36.8 Å². The molecule has 0 spiro atoms. The Morgan fingerprint density at radius 1 is 1.10 bits per heavy atom. The topological polar surface area (TPSA) is 145 Å². The summed E-state index contributed by atoms with van der Waals surface area (Å²) in [5.74, 6) is -2.04. The number of carbonyl (C=O) groups is 3. The molecule has 4 rings (SSSR count). The lowest BCUT2D eigenvalue weighted by Gasteiger charge is -2.28. The number of nitrogens with zero attached hydrogens (tertiary/aromatic N) is 2. The molecule has 2 aliphatic rings. The van der Waals surface area contributed by atoms with Gasteiger partial charge in [-0.3, -0.25) is 24.5 Å². The predicted molar refractivity (Wildman–Crippen MR) is 110 cm³/mol. The second kappa shape index (κ2) is 8.00. The van der Waals surface area contributed by atoms with Crippen molar-refractivity contribution in [3.8, 4) is 0 Å². The molecule has 3 N–H and O–H groups in total. The first-order valence-corrected chi connectivity index (χ1v) is 9.48. The highest BCUT2D eigenvalue weighted by atomic mass is 16.6. The number of hydrogen-bond acceptors (Lipinski definition) is 8. The number of Topliss-reactive ketones (excluding diaryl/α,β-unsaturated/α-hetero) is 2. The summed E-state index contributed by atoms with van der Waals surface area (Å²) in [5, 5.41) is 13.4. The smallest absolute Gasteiger partial charge is 0.270 e. The van der Waals surface area contributed by atoms with Gasteiger partial charge in [0.15, 0.2) is 0 Å². The fraction of sp³-hybridized carbons (Fsp3) is 0.190. The summed E-state index contributed by atoms with van der Waals surface area (Å²) in [5.41, 5.74) is 5.62. The summed E-state index contributed by atoms with van der Waals surface area (Å²) in [6, 6.07) is 10.0. The molecule has 0 aromatic heterocycles. The van der Waals surface area contributed by atoms with Crippen LogP contribution in [0, 0.1) is 10.1 Å². The van der Waals surface area contributed by atoms with Gasteiger partial charge in [-0.2, -0.15) is 0 Å². The Kier molecular flexibility index (Phi) is 5.22. The first kappa shape index (κ1) is 20.2. The van der Waals surface area contributed by atoms with Crippen molar-refractivity contribution >= 4 is 28.8 Å². The number of ketones is 2. The van der Waals surface area contributed by atoms with Gasteiger partial charge in [-0.15, -0.1) is 0 Å². The van der Waals surface area contributed by atoms with E-state index in [0.29, 0.717) is 6.73 Å². The number of non-ortho nitro benzene ring substituents is 1. The van der Waals surface area contributed by atoms with E-state index in [0.717, 1.165) is 37.4 Å². The molecule has 158 valence electrons. The van der Waals surface area contributed by atoms with E-state index in [1.807, 2.05) is 4.90 Å². The number of nitrogens with two attached hydrogens (primary N) is 1. The van der Waals surface area contributed by atoms with Crippen LogP contribution in [0.5, 0.6) is 0 Å². The molecule has 1 heterocycles. The van der Waals surface area contributed by atoms with E-state index in [1.165, 1.54) is 6.07 Å². The molecule has 0 unspecified atom stereocenters. The van der Waals surface area contributed by atoms with Gasteiger partial charge in [0.2, 0.25) is 11.6 Å². The summed E-state index contributed by atoms with van der Waals surface area (Å²) in [4.78, 5) is 50.3. The second-order valence-corrected chi connectivity index (χ2v) is 7.09. The molecular formula is C21H18N4O6. The molecule has 10 nitrogen and oxygen atoms in total. The van der Waals surface area contributed by atoms with Gasteiger partial charge in [-0.1, -0.05) is 0 Å². The van der Waals surface area contributed by atoms with Crippen LogP contribution in [0.15, 0.2) is 53.9 Å². The molecule has 0 saturated carbocycles. The fourth-order valence-corrected chi connectivity index (χ4v) is 3.48. The van der Waals surface area contributed by atoms with E-state index in [-0.39, 0.29) is 28.1 Å². The molecule has 2 aromatic carbocycles. The van der Waals surface area contributed by atoms with Gasteiger partial charge in [0.25, 0.3) is 11.6 Å². The third kappa shape index (κ3) is 3.76. The number of anilines is 1. The maximum absolute atomic E-state index is 12.8. The third-order valence-electron chi connectivity index (χ3n) is 5.14. The van der Waals surface area contributed by atoms with Crippen LogP contribution in [-0.4, -0.2) is 42.3 Å². The Hall–Kier alpha value is -4.05. The number of benzene rings is 2. The van der Waals surface area contributed by atoms with Crippen molar-refractivity contribution in [3.63, 3.8) is 0 Å². The molecule has 1 amide bonds. The molecule has 1 fully saturated rings. The maximum atomic E-state index is 12.8. The number of ether oxygens (including phenoxy) is 1. The van der Waals surface area contributed by atoms with Crippen LogP contribution in [0.2, 0.25) is 0 Å². The molecule has 0 radical (unpaired) electrons. The quantitative estimate of drug-likeness (QED) is 0.560. The van der Waals surface area contributed by atoms with Crippen molar-refractivity contribution in [3.05, 3.63) is 80.7 Å². The van der Waals surface area contributed by atoms with Crippen LogP contribution in [0.4, 0.5) is 11.4 Å². The number of carbonyl (C=O) groups excluding carboxylic acids is 3. The van der Waals surface area contributed by atoms with Crippen molar-refractivity contribution in [1.29, 1.82) is 0 Å². The molecule has 1 aliphatic carbocycles. The summed E-state index contributed by atoms with van der Waals surface area (Å²) in [7, 11) is 0. The highest BCUT2D eigenvalue weighted by molar-refractivity contribution is 6.27. The minimum atomic E-state index is -0.756. The molecule has 0 atom stereocenters. The average Bonchev–Trinajstić information content (AvgIpc) is 2.80. The summed E-state index contributed by atoms with van der Waals surface area (Å²) in [6.07, 6.45) is 0.913. The number of allylic oxidation sites excluding steroid dienone is 2. The Morgan fingerprint density at radius 2 is 1.84 bits per heavy atom. The Balaban J connectivity index is 1.55. The van der Waals surface area contributed by atoms with Crippen molar-refractivity contribution in [2.45, 2.75) is 6.42 Å². The highest BCUT2D eigenvalue weighted by Gasteiger charge is 2.33. The summed E-state index contributed by atoms with van der Waals surface area (Å²) >= 11 is 0. The molecule has 31 heavy (non-hydrogen) atoms. The van der Waals surface area contributed by atoms with E-state index in [4.69, 9.17) is 10.5 Å². The van der Waals surface area contributed by atoms with Gasteiger partial charge in [0.1, 0.15) is 18.1 Å². The van der Waals surface area contributed by atoms with E-state index < -0.39 is 28.1 Å². The van der Waals surface area contributed by atoms with Gasteiger partial charge in [0.05, 0.1) is 11.5 Å². The van der Waals surface area contributed by atoms with Crippen molar-refractivity contribution in [2.75, 3.05) is 24.8 Å². The molecule has 10 heteroatoms. The molecule has 0 bridgehead atoms. The number of amides is 1. The van der Waals surface area contributed by atoms with Gasteiger partial charge < -0.3 is 20.7 Å². The highest BCUT2D eigenvalue weighted by Crippen LogP contribution is 2.27. The van der Waals surface area contributed by atoms with E-state index in [1.54, 1.807) is 24.3 Å². The molecule has 1 saturated heterocycles.